The van der Waals surface area contributed by atoms with Crippen LogP contribution in [0.4, 0.5) is 27.9 Å². The van der Waals surface area contributed by atoms with Crippen LogP contribution in [-0.4, -0.2) is 47.1 Å². The number of nitrogens with one attached hydrogen (secondary N) is 2. The van der Waals surface area contributed by atoms with E-state index in [1.54, 1.807) is 24.4 Å². The molecule has 3 aromatic rings. The number of hydrogen-bond donors (Lipinski definition) is 2. The molecular weight excluding hydrogens is 475 g/mol. The summed E-state index contributed by atoms with van der Waals surface area (Å²) in [5, 5.41) is 6.74. The molecule has 2 N–H and O–H groups in total. The van der Waals surface area contributed by atoms with Gasteiger partial charge >= 0.3 is 6.03 Å². The SMILES string of the molecule is CCN(CC)CCOc1ccc(Nc2ncc3c(n2)NC(=O)N(c2c(Cl)cccc2Cl)C3)cc1. The van der Waals surface area contributed by atoms with Crippen LogP contribution in [0.15, 0.2) is 48.7 Å². The lowest BCUT2D eigenvalue weighted by atomic mass is 10.2. The molecule has 178 valence electrons. The van der Waals surface area contributed by atoms with Crippen LogP contribution in [0.1, 0.15) is 19.4 Å². The summed E-state index contributed by atoms with van der Waals surface area (Å²) in [6.45, 7) is 8.08. The zero-order valence-corrected chi connectivity index (χ0v) is 20.5. The Balaban J connectivity index is 1.40. The summed E-state index contributed by atoms with van der Waals surface area (Å²) >= 11 is 12.6. The first kappa shape index (κ1) is 24.1. The lowest BCUT2D eigenvalue weighted by Crippen LogP contribution is -2.39. The fourth-order valence-corrected chi connectivity index (χ4v) is 4.23. The van der Waals surface area contributed by atoms with E-state index in [4.69, 9.17) is 27.9 Å². The van der Waals surface area contributed by atoms with Crippen molar-refractivity contribution in [3.63, 3.8) is 0 Å². The second-order valence-electron chi connectivity index (χ2n) is 7.68. The molecule has 0 radical (unpaired) electrons. The van der Waals surface area contributed by atoms with Gasteiger partial charge in [-0.25, -0.2) is 9.78 Å². The van der Waals surface area contributed by atoms with Crippen molar-refractivity contribution in [3.05, 3.63) is 64.3 Å². The van der Waals surface area contributed by atoms with Gasteiger partial charge in [-0.2, -0.15) is 4.98 Å². The average molecular weight is 501 g/mol. The quantitative estimate of drug-likeness (QED) is 0.386. The number of carbonyl (C=O) groups excluding carboxylic acids is 1. The number of rotatable bonds is 9. The van der Waals surface area contributed by atoms with Crippen LogP contribution >= 0.6 is 23.2 Å². The zero-order valence-electron chi connectivity index (χ0n) is 19.0. The second-order valence-corrected chi connectivity index (χ2v) is 8.49. The van der Waals surface area contributed by atoms with Crippen LogP contribution in [0.25, 0.3) is 0 Å². The minimum atomic E-state index is -0.363. The molecule has 0 saturated carbocycles. The Morgan fingerprint density at radius 2 is 1.82 bits per heavy atom. The number of likely N-dealkylation sites (N-methyl/N-ethyl adjacent to an activating group) is 1. The van der Waals surface area contributed by atoms with E-state index < -0.39 is 0 Å². The molecule has 2 amide bonds. The van der Waals surface area contributed by atoms with Crippen molar-refractivity contribution in [1.82, 2.24) is 14.9 Å². The van der Waals surface area contributed by atoms with Gasteiger partial charge in [-0.1, -0.05) is 43.1 Å². The third-order valence-electron chi connectivity index (χ3n) is 5.55. The highest BCUT2D eigenvalue weighted by Crippen LogP contribution is 2.37. The minimum absolute atomic E-state index is 0.254. The smallest absolute Gasteiger partial charge is 0.327 e. The molecule has 0 bridgehead atoms. The largest absolute Gasteiger partial charge is 0.492 e. The maximum absolute atomic E-state index is 12.7. The third-order valence-corrected chi connectivity index (χ3v) is 6.16. The van der Waals surface area contributed by atoms with Crippen molar-refractivity contribution in [3.8, 4) is 5.75 Å². The Kier molecular flexibility index (Phi) is 7.72. The number of halogens is 2. The molecule has 2 aromatic carbocycles. The van der Waals surface area contributed by atoms with Gasteiger partial charge in [0.25, 0.3) is 0 Å². The van der Waals surface area contributed by atoms with E-state index in [0.717, 1.165) is 36.6 Å². The van der Waals surface area contributed by atoms with Gasteiger partial charge in [0.1, 0.15) is 18.2 Å². The van der Waals surface area contributed by atoms with Gasteiger partial charge in [0.15, 0.2) is 0 Å². The molecule has 4 rings (SSSR count). The predicted molar refractivity (Wildman–Crippen MR) is 137 cm³/mol. The lowest BCUT2D eigenvalue weighted by Gasteiger charge is -2.29. The maximum atomic E-state index is 12.7. The molecule has 0 unspecified atom stereocenters. The molecule has 0 spiro atoms. The number of amides is 2. The Hall–Kier alpha value is -3.07. The molecule has 0 fully saturated rings. The zero-order chi connectivity index (χ0) is 24.1. The first-order valence-electron chi connectivity index (χ1n) is 11.1. The number of urea groups is 1. The van der Waals surface area contributed by atoms with Gasteiger partial charge in [-0.05, 0) is 49.5 Å². The van der Waals surface area contributed by atoms with Crippen molar-refractivity contribution < 1.29 is 9.53 Å². The minimum Gasteiger partial charge on any atom is -0.492 e. The van der Waals surface area contributed by atoms with Gasteiger partial charge in [0, 0.05) is 24.0 Å². The number of carbonyl (C=O) groups is 1. The van der Waals surface area contributed by atoms with Crippen LogP contribution < -0.4 is 20.3 Å². The molecule has 1 aliphatic rings. The van der Waals surface area contributed by atoms with Gasteiger partial charge in [0.2, 0.25) is 5.95 Å². The highest BCUT2D eigenvalue weighted by Gasteiger charge is 2.28. The normalized spacial score (nSPS) is 13.0. The van der Waals surface area contributed by atoms with E-state index in [1.807, 2.05) is 24.3 Å². The molecule has 0 aliphatic carbocycles. The number of para-hydroxylation sites is 1. The summed E-state index contributed by atoms with van der Waals surface area (Å²) in [5.41, 5.74) is 2.01. The Bertz CT molecular complexity index is 1130. The van der Waals surface area contributed by atoms with Crippen molar-refractivity contribution in [1.29, 1.82) is 0 Å². The number of benzene rings is 2. The summed E-state index contributed by atoms with van der Waals surface area (Å²) in [4.78, 5) is 25.4. The van der Waals surface area contributed by atoms with Gasteiger partial charge in [-0.3, -0.25) is 10.2 Å². The average Bonchev–Trinajstić information content (AvgIpc) is 2.83. The van der Waals surface area contributed by atoms with Gasteiger partial charge < -0.3 is 15.0 Å². The van der Waals surface area contributed by atoms with E-state index >= 15 is 0 Å². The van der Waals surface area contributed by atoms with Crippen LogP contribution in [-0.2, 0) is 6.54 Å². The van der Waals surface area contributed by atoms with Gasteiger partial charge in [0.05, 0.1) is 22.3 Å². The monoisotopic (exact) mass is 500 g/mol. The molecule has 10 heteroatoms. The number of aromatic nitrogens is 2. The van der Waals surface area contributed by atoms with Crippen LogP contribution in [0.2, 0.25) is 10.0 Å². The van der Waals surface area contributed by atoms with E-state index in [-0.39, 0.29) is 12.6 Å². The Morgan fingerprint density at radius 3 is 2.50 bits per heavy atom. The fourth-order valence-electron chi connectivity index (χ4n) is 3.63. The van der Waals surface area contributed by atoms with Crippen LogP contribution in [0, 0.1) is 0 Å². The third kappa shape index (κ3) is 5.52. The Labute approximate surface area is 208 Å². The molecule has 1 aliphatic heterocycles. The van der Waals surface area contributed by atoms with Crippen molar-refractivity contribution >= 4 is 52.4 Å². The highest BCUT2D eigenvalue weighted by atomic mass is 35.5. The molecule has 1 aromatic heterocycles. The van der Waals surface area contributed by atoms with Crippen LogP contribution in [0.5, 0.6) is 5.75 Å². The molecule has 8 nitrogen and oxygen atoms in total. The summed E-state index contributed by atoms with van der Waals surface area (Å²) in [6.07, 6.45) is 1.67. The first-order valence-corrected chi connectivity index (χ1v) is 11.8. The summed E-state index contributed by atoms with van der Waals surface area (Å²) in [5.74, 6) is 1.62. The van der Waals surface area contributed by atoms with Crippen molar-refractivity contribution in [2.24, 2.45) is 0 Å². The van der Waals surface area contributed by atoms with E-state index in [0.29, 0.717) is 34.1 Å². The van der Waals surface area contributed by atoms with Crippen LogP contribution in [0.3, 0.4) is 0 Å². The maximum Gasteiger partial charge on any atom is 0.327 e. The van der Waals surface area contributed by atoms with Crippen molar-refractivity contribution in [2.75, 3.05) is 41.8 Å². The van der Waals surface area contributed by atoms with Gasteiger partial charge in [-0.15, -0.1) is 0 Å². The number of ether oxygens (including phenoxy) is 1. The molecular formula is C24H26Cl2N6O2. The first-order chi connectivity index (χ1) is 16.5. The van der Waals surface area contributed by atoms with E-state index in [1.165, 1.54) is 4.90 Å². The Morgan fingerprint density at radius 1 is 1.12 bits per heavy atom. The summed E-state index contributed by atoms with van der Waals surface area (Å²) in [6, 6.07) is 12.3. The van der Waals surface area contributed by atoms with E-state index in [9.17, 15) is 4.79 Å². The molecule has 0 saturated heterocycles. The highest BCUT2D eigenvalue weighted by molar-refractivity contribution is 6.40. The fraction of sp³-hybridized carbons (Fsp3) is 0.292. The molecule has 0 atom stereocenters. The summed E-state index contributed by atoms with van der Waals surface area (Å²) < 4.78 is 5.82. The van der Waals surface area contributed by atoms with Crippen molar-refractivity contribution in [2.45, 2.75) is 20.4 Å². The summed E-state index contributed by atoms with van der Waals surface area (Å²) in [7, 11) is 0. The standard InChI is InChI=1S/C24H26Cl2N6O2/c1-3-31(4-2)12-13-34-18-10-8-17(9-11-18)28-23-27-14-16-15-32(24(33)30-22(16)29-23)21-19(25)6-5-7-20(21)26/h5-11,14H,3-4,12-13,15H2,1-2H3,(H2,27,28,29,30,33). The molecule has 2 heterocycles. The predicted octanol–water partition coefficient (Wildman–Crippen LogP) is 5.80. The number of hydrogen-bond acceptors (Lipinski definition) is 6. The number of anilines is 4. The lowest BCUT2D eigenvalue weighted by molar-refractivity contribution is 0.223. The molecule has 34 heavy (non-hydrogen) atoms. The number of fused-ring (bicyclic) bond motifs is 1. The second kappa shape index (κ2) is 10.9. The van der Waals surface area contributed by atoms with E-state index in [2.05, 4.69) is 39.3 Å². The number of nitrogens with zero attached hydrogens (tertiary/aromatic N) is 4. The topological polar surface area (TPSA) is 82.6 Å².